The Kier molecular flexibility index (Phi) is 12.4. The van der Waals surface area contributed by atoms with Crippen LogP contribution in [0.25, 0.3) is 33.6 Å². The van der Waals surface area contributed by atoms with Crippen molar-refractivity contribution < 1.29 is 33.3 Å². The van der Waals surface area contributed by atoms with Crippen LogP contribution < -0.4 is 20.1 Å². The number of aromatic nitrogens is 4. The highest BCUT2D eigenvalue weighted by Crippen LogP contribution is 2.52. The lowest BCUT2D eigenvalue weighted by molar-refractivity contribution is -0.136. The van der Waals surface area contributed by atoms with Gasteiger partial charge in [-0.25, -0.2) is 14.8 Å². The smallest absolute Gasteiger partial charge is 0.407 e. The summed E-state index contributed by atoms with van der Waals surface area (Å²) in [6.07, 6.45) is 3.92. The van der Waals surface area contributed by atoms with E-state index in [2.05, 4.69) is 34.1 Å². The second kappa shape index (κ2) is 17.8. The minimum absolute atomic E-state index is 0.0283. The minimum Gasteiger partial charge on any atom is -0.488 e. The van der Waals surface area contributed by atoms with Crippen molar-refractivity contribution in [2.24, 2.45) is 11.8 Å². The number of rotatable bonds is 14. The summed E-state index contributed by atoms with van der Waals surface area (Å²) >= 11 is 13.8. The van der Waals surface area contributed by atoms with E-state index in [0.717, 1.165) is 59.1 Å². The maximum Gasteiger partial charge on any atom is 0.407 e. The van der Waals surface area contributed by atoms with Crippen molar-refractivity contribution >= 4 is 41.1 Å². The third-order valence-corrected chi connectivity index (χ3v) is 13.5. The van der Waals surface area contributed by atoms with Crippen LogP contribution in [0.2, 0.25) is 10.3 Å². The summed E-state index contributed by atoms with van der Waals surface area (Å²) in [5.41, 5.74) is 6.40. The first-order valence-electron chi connectivity index (χ1n) is 21.4. The van der Waals surface area contributed by atoms with Gasteiger partial charge in [-0.1, -0.05) is 63.7 Å². The maximum absolute atomic E-state index is 14.0. The highest BCUT2D eigenvalue weighted by Gasteiger charge is 2.40. The van der Waals surface area contributed by atoms with Gasteiger partial charge in [0.25, 0.3) is 0 Å². The lowest BCUT2D eigenvalue weighted by atomic mass is 9.87. The zero-order valence-electron chi connectivity index (χ0n) is 36.0. The standard InChI is InChI=1S/C45H54Cl2N8O7/c1-8-22(3)35(48-24(5)59-6)43(56)54-14-10-12-29(54)41-49-37(39(46)52-41)25-16-27-20-62-32-19-26(17-28-21-61-31(18-25)33(27)34(28)32)38-40(47)53-42(50-38)30-13-11-15-55(30)44(57)36(23(4)9-2)51-45(58)60-7/h16-19,22-23,29-30,35-36,48H,5,8-15,20-21H2,1-4,6-7H3,(H,49,52)(H,50,53)(H,51,58)/t22-,23-,29-,30-,35-,36-/m0/s1. The van der Waals surface area contributed by atoms with Crippen LogP contribution in [0.3, 0.4) is 0 Å². The van der Waals surface area contributed by atoms with Gasteiger partial charge in [0, 0.05) is 46.5 Å². The number of halogens is 2. The molecule has 0 unspecified atom stereocenters. The molecule has 8 rings (SSSR count). The van der Waals surface area contributed by atoms with Crippen LogP contribution in [0.1, 0.15) is 101 Å². The fourth-order valence-electron chi connectivity index (χ4n) is 9.16. The molecule has 2 aromatic carbocycles. The molecule has 0 bridgehead atoms. The third kappa shape index (κ3) is 7.93. The summed E-state index contributed by atoms with van der Waals surface area (Å²) in [5, 5.41) is 6.65. The van der Waals surface area contributed by atoms with E-state index in [1.165, 1.54) is 14.2 Å². The summed E-state index contributed by atoms with van der Waals surface area (Å²) in [4.78, 5) is 60.3. The Morgan fingerprint density at radius 3 is 1.65 bits per heavy atom. The molecule has 0 saturated carbocycles. The molecular weight excluding hydrogens is 835 g/mol. The minimum atomic E-state index is -0.736. The Morgan fingerprint density at radius 2 is 1.23 bits per heavy atom. The molecule has 2 fully saturated rings. The van der Waals surface area contributed by atoms with Gasteiger partial charge in [-0.2, -0.15) is 0 Å². The van der Waals surface area contributed by atoms with Gasteiger partial charge < -0.3 is 49.3 Å². The topological polar surface area (TPSA) is 176 Å². The summed E-state index contributed by atoms with van der Waals surface area (Å²) in [6.45, 7) is 13.6. The Morgan fingerprint density at radius 1 is 0.774 bits per heavy atom. The van der Waals surface area contributed by atoms with Crippen LogP contribution in [0.5, 0.6) is 11.5 Å². The average molecular weight is 890 g/mol. The number of methoxy groups -OCH3 is 2. The molecule has 17 heteroatoms. The number of nitrogens with zero attached hydrogens (tertiary/aromatic N) is 4. The number of likely N-dealkylation sites (tertiary alicyclic amines) is 2. The first-order valence-corrected chi connectivity index (χ1v) is 22.2. The molecule has 330 valence electrons. The van der Waals surface area contributed by atoms with Gasteiger partial charge in [0.15, 0.2) is 5.88 Å². The Hall–Kier alpha value is -5.41. The summed E-state index contributed by atoms with van der Waals surface area (Å²) in [6, 6.07) is 6.13. The van der Waals surface area contributed by atoms with E-state index in [0.29, 0.717) is 76.7 Å². The van der Waals surface area contributed by atoms with Crippen molar-refractivity contribution in [1.82, 2.24) is 40.4 Å². The molecular formula is C45H54Cl2N8O7. The van der Waals surface area contributed by atoms with E-state index < -0.39 is 18.2 Å². The predicted octanol–water partition coefficient (Wildman–Crippen LogP) is 8.45. The molecule has 0 radical (unpaired) electrons. The first-order chi connectivity index (χ1) is 29.8. The Labute approximate surface area is 371 Å². The van der Waals surface area contributed by atoms with Gasteiger partial charge in [-0.05, 0) is 68.4 Å². The number of imidazole rings is 2. The molecule has 3 amide bonds. The number of alkyl carbamates (subject to hydrolysis) is 1. The van der Waals surface area contributed by atoms with Crippen LogP contribution >= 0.6 is 23.2 Å². The summed E-state index contributed by atoms with van der Waals surface area (Å²) in [5.74, 6) is 2.68. The molecule has 4 N–H and O–H groups in total. The normalized spacial score (nSPS) is 19.4. The van der Waals surface area contributed by atoms with Gasteiger partial charge in [-0.3, -0.25) is 9.59 Å². The molecule has 0 aliphatic carbocycles. The molecule has 0 spiro atoms. The van der Waals surface area contributed by atoms with Crippen LogP contribution in [0.15, 0.2) is 36.7 Å². The molecule has 4 aromatic rings. The van der Waals surface area contributed by atoms with Crippen molar-refractivity contribution in [2.75, 3.05) is 27.3 Å². The quantitative estimate of drug-likeness (QED) is 0.0900. The predicted molar refractivity (Wildman–Crippen MR) is 234 cm³/mol. The number of ether oxygens (including phenoxy) is 4. The van der Waals surface area contributed by atoms with E-state index in [1.807, 2.05) is 49.9 Å². The van der Waals surface area contributed by atoms with E-state index in [4.69, 9.17) is 52.1 Å². The van der Waals surface area contributed by atoms with Gasteiger partial charge in [0.2, 0.25) is 11.8 Å². The van der Waals surface area contributed by atoms with Crippen molar-refractivity contribution in [2.45, 2.75) is 104 Å². The number of benzene rings is 2. The molecule has 6 heterocycles. The van der Waals surface area contributed by atoms with Gasteiger partial charge in [0.05, 0.1) is 26.3 Å². The second-order valence-electron chi connectivity index (χ2n) is 16.7. The van der Waals surface area contributed by atoms with E-state index in [1.54, 1.807) is 4.90 Å². The van der Waals surface area contributed by atoms with Gasteiger partial charge >= 0.3 is 6.09 Å². The number of aromatic amines is 2. The fourth-order valence-corrected chi connectivity index (χ4v) is 9.66. The van der Waals surface area contributed by atoms with Crippen LogP contribution in [0.4, 0.5) is 4.79 Å². The molecule has 6 atom stereocenters. The fraction of sp³-hybridized carbons (Fsp3) is 0.489. The highest BCUT2D eigenvalue weighted by atomic mass is 35.5. The number of H-pyrrole nitrogens is 2. The zero-order valence-corrected chi connectivity index (χ0v) is 37.5. The lowest BCUT2D eigenvalue weighted by Gasteiger charge is -2.31. The molecule has 62 heavy (non-hydrogen) atoms. The Balaban J connectivity index is 1.04. The monoisotopic (exact) mass is 888 g/mol. The molecule has 4 aliphatic heterocycles. The number of hydrogen-bond donors (Lipinski definition) is 4. The SMILES string of the molecule is C=C(N[C@H](C(=O)N1CCC[C@H]1c1nc(-c2cc3c4c(c2)OCc2cc(-c5nc([C@@H]6CCCN6C(=O)[C@@H](NC(=O)OC)[C@@H](C)CC)[nH]c5Cl)cc(c2-4)OC3)c(Cl)[nH]1)[C@@H](C)CC)OC. The highest BCUT2D eigenvalue weighted by molar-refractivity contribution is 6.32. The zero-order chi connectivity index (χ0) is 44.0. The summed E-state index contributed by atoms with van der Waals surface area (Å²) < 4.78 is 23.0. The number of carbonyl (C=O) groups is 3. The van der Waals surface area contributed by atoms with Crippen LogP contribution in [-0.4, -0.2) is 87.0 Å². The molecule has 2 saturated heterocycles. The first kappa shape index (κ1) is 43.2. The van der Waals surface area contributed by atoms with E-state index in [9.17, 15) is 14.4 Å². The number of nitrogens with one attached hydrogen (secondary N) is 4. The third-order valence-electron chi connectivity index (χ3n) is 13.0. The second-order valence-corrected chi connectivity index (χ2v) is 17.4. The molecule has 4 aliphatic rings. The van der Waals surface area contributed by atoms with Crippen LogP contribution in [0, 0.1) is 11.8 Å². The average Bonchev–Trinajstić information content (AvgIpc) is 4.12. The van der Waals surface area contributed by atoms with Crippen molar-refractivity contribution in [3.8, 4) is 45.1 Å². The largest absolute Gasteiger partial charge is 0.488 e. The number of amides is 3. The lowest BCUT2D eigenvalue weighted by Crippen LogP contribution is -2.51. The van der Waals surface area contributed by atoms with Crippen molar-refractivity contribution in [1.29, 1.82) is 0 Å². The van der Waals surface area contributed by atoms with E-state index >= 15 is 0 Å². The maximum atomic E-state index is 14.0. The van der Waals surface area contributed by atoms with Gasteiger partial charge in [0.1, 0.15) is 70.1 Å². The number of carbonyl (C=O) groups excluding carboxylic acids is 3. The number of hydrogen-bond acceptors (Lipinski definition) is 10. The molecule has 15 nitrogen and oxygen atoms in total. The summed E-state index contributed by atoms with van der Waals surface area (Å²) in [7, 11) is 2.82. The molecule has 2 aromatic heterocycles. The van der Waals surface area contributed by atoms with Crippen molar-refractivity contribution in [3.63, 3.8) is 0 Å². The Bertz CT molecular complexity index is 2180. The van der Waals surface area contributed by atoms with Crippen molar-refractivity contribution in [3.05, 3.63) is 69.8 Å². The van der Waals surface area contributed by atoms with Crippen LogP contribution in [-0.2, 0) is 32.3 Å². The van der Waals surface area contributed by atoms with E-state index in [-0.39, 0.29) is 48.9 Å². The van der Waals surface area contributed by atoms with Gasteiger partial charge in [-0.15, -0.1) is 0 Å².